The summed E-state index contributed by atoms with van der Waals surface area (Å²) in [5.41, 5.74) is 5.11. The molecule has 1 saturated heterocycles. The molecule has 1 aliphatic heterocycles. The predicted molar refractivity (Wildman–Crippen MR) is 143 cm³/mol. The van der Waals surface area contributed by atoms with Crippen LogP contribution < -0.4 is 10.1 Å². The molecule has 2 aliphatic rings. The second kappa shape index (κ2) is 10.3. The fourth-order valence-corrected chi connectivity index (χ4v) is 6.25. The molecule has 0 radical (unpaired) electrons. The monoisotopic (exact) mass is 500 g/mol. The van der Waals surface area contributed by atoms with E-state index in [0.29, 0.717) is 17.2 Å². The van der Waals surface area contributed by atoms with Gasteiger partial charge in [-0.25, -0.2) is 9.78 Å². The van der Waals surface area contributed by atoms with Gasteiger partial charge < -0.3 is 15.0 Å². The van der Waals surface area contributed by atoms with Crippen molar-refractivity contribution in [3.63, 3.8) is 0 Å². The van der Waals surface area contributed by atoms with Crippen molar-refractivity contribution in [1.82, 2.24) is 15.2 Å². The highest BCUT2D eigenvalue weighted by Gasteiger charge is 2.29. The zero-order valence-corrected chi connectivity index (χ0v) is 21.9. The van der Waals surface area contributed by atoms with E-state index in [1.807, 2.05) is 43.1 Å². The van der Waals surface area contributed by atoms with Crippen LogP contribution in [0.5, 0.6) is 5.75 Å². The number of urea groups is 1. The molecule has 186 valence electrons. The third-order valence-corrected chi connectivity index (χ3v) is 8.07. The predicted octanol–water partition coefficient (Wildman–Crippen LogP) is 6.56. The molecule has 2 aromatic carbocycles. The quantitative estimate of drug-likeness (QED) is 0.430. The van der Waals surface area contributed by atoms with Crippen LogP contribution in [0.3, 0.4) is 0 Å². The highest BCUT2D eigenvalue weighted by atomic mass is 32.1. The Hall–Kier alpha value is -3.37. The molecule has 2 atom stereocenters. The summed E-state index contributed by atoms with van der Waals surface area (Å²) in [5.74, 6) is 1.16. The molecule has 0 saturated carbocycles. The highest BCUT2D eigenvalue weighted by molar-refractivity contribution is 7.18. The fourth-order valence-electron chi connectivity index (χ4n) is 5.29. The molecule has 2 heterocycles. The van der Waals surface area contributed by atoms with Crippen LogP contribution in [-0.2, 0) is 6.42 Å². The van der Waals surface area contributed by atoms with E-state index in [1.165, 1.54) is 23.1 Å². The SMILES string of the molecule is CC(C)Oc1ccc(-c2ncc(-c3cccc4c3CC[C@@H]4NC(=O)N3CCC[C@H](C)C3)s2)cc1C#N. The smallest absolute Gasteiger partial charge is 0.317 e. The van der Waals surface area contributed by atoms with E-state index in [1.54, 1.807) is 11.3 Å². The zero-order chi connectivity index (χ0) is 25.2. The Kier molecular flexibility index (Phi) is 6.97. The number of aromatic nitrogens is 1. The van der Waals surface area contributed by atoms with Gasteiger partial charge in [0, 0.05) is 24.8 Å². The number of thiazole rings is 1. The summed E-state index contributed by atoms with van der Waals surface area (Å²) < 4.78 is 5.76. The van der Waals surface area contributed by atoms with Crippen LogP contribution in [0.4, 0.5) is 4.79 Å². The van der Waals surface area contributed by atoms with E-state index in [9.17, 15) is 10.1 Å². The molecule has 7 heteroatoms. The molecule has 6 nitrogen and oxygen atoms in total. The number of hydrogen-bond donors (Lipinski definition) is 1. The molecule has 36 heavy (non-hydrogen) atoms. The van der Waals surface area contributed by atoms with Crippen LogP contribution >= 0.6 is 11.3 Å². The number of ether oxygens (including phenoxy) is 1. The second-order valence-electron chi connectivity index (χ2n) is 10.1. The van der Waals surface area contributed by atoms with Crippen molar-refractivity contribution in [2.24, 2.45) is 5.92 Å². The average Bonchev–Trinajstić information content (AvgIpc) is 3.52. The maximum atomic E-state index is 12.9. The van der Waals surface area contributed by atoms with Crippen molar-refractivity contribution in [1.29, 1.82) is 5.26 Å². The largest absolute Gasteiger partial charge is 0.490 e. The minimum absolute atomic E-state index is 0.00612. The van der Waals surface area contributed by atoms with Crippen LogP contribution in [0.2, 0.25) is 0 Å². The number of nitrogens with zero attached hydrogens (tertiary/aromatic N) is 3. The van der Waals surface area contributed by atoms with E-state index in [4.69, 9.17) is 4.74 Å². The number of nitriles is 1. The number of piperidine rings is 1. The normalized spacial score (nSPS) is 19.1. The van der Waals surface area contributed by atoms with Gasteiger partial charge in [0.25, 0.3) is 0 Å². The Morgan fingerprint density at radius 2 is 2.14 bits per heavy atom. The number of carbonyl (C=O) groups excluding carboxylic acids is 1. The van der Waals surface area contributed by atoms with E-state index in [2.05, 4.69) is 41.5 Å². The molecule has 1 aliphatic carbocycles. The summed E-state index contributed by atoms with van der Waals surface area (Å²) in [6.07, 6.45) is 6.05. The van der Waals surface area contributed by atoms with Crippen LogP contribution in [0.15, 0.2) is 42.6 Å². The molecule has 0 spiro atoms. The fraction of sp³-hybridized carbons (Fsp3) is 0.414. The highest BCUT2D eigenvalue weighted by Crippen LogP contribution is 2.41. The molecular formula is C29H32N4O2S. The summed E-state index contributed by atoms with van der Waals surface area (Å²) in [5, 5.41) is 13.8. The Labute approximate surface area is 216 Å². The summed E-state index contributed by atoms with van der Waals surface area (Å²) >= 11 is 1.63. The van der Waals surface area contributed by atoms with E-state index in [-0.39, 0.29) is 18.2 Å². The molecule has 3 aromatic rings. The Balaban J connectivity index is 1.36. The lowest BCUT2D eigenvalue weighted by Gasteiger charge is -2.32. The first kappa shape index (κ1) is 24.3. The Morgan fingerprint density at radius 1 is 1.28 bits per heavy atom. The standard InChI is InChI=1S/C29H32N4O2S/c1-18(2)35-26-12-9-20(14-21(26)15-30)28-31-16-27(36-28)24-8-4-7-23-22(24)10-11-25(23)32-29(34)33-13-5-6-19(3)17-33/h4,7-9,12,14,16,18-19,25H,5-6,10-11,13,17H2,1-3H3,(H,32,34)/t19-,25-/m0/s1. The third kappa shape index (κ3) is 4.96. The molecule has 1 N–H and O–H groups in total. The summed E-state index contributed by atoms with van der Waals surface area (Å²) in [4.78, 5) is 20.7. The molecule has 0 unspecified atom stereocenters. The topological polar surface area (TPSA) is 78.2 Å². The van der Waals surface area contributed by atoms with Crippen molar-refractivity contribution in [3.05, 3.63) is 59.3 Å². The van der Waals surface area contributed by atoms with Gasteiger partial charge in [0.15, 0.2) is 0 Å². The number of likely N-dealkylation sites (tertiary alicyclic amines) is 1. The molecule has 5 rings (SSSR count). The van der Waals surface area contributed by atoms with E-state index >= 15 is 0 Å². The number of benzene rings is 2. The van der Waals surface area contributed by atoms with Gasteiger partial charge in [-0.1, -0.05) is 25.1 Å². The lowest BCUT2D eigenvalue weighted by atomic mass is 10.0. The average molecular weight is 501 g/mol. The van der Waals surface area contributed by atoms with Gasteiger partial charge in [-0.2, -0.15) is 5.26 Å². The van der Waals surface area contributed by atoms with Gasteiger partial charge in [-0.3, -0.25) is 0 Å². The van der Waals surface area contributed by atoms with Crippen LogP contribution in [-0.4, -0.2) is 35.1 Å². The molecule has 1 aromatic heterocycles. The van der Waals surface area contributed by atoms with Crippen LogP contribution in [0, 0.1) is 17.2 Å². The number of rotatable bonds is 5. The van der Waals surface area contributed by atoms with Gasteiger partial charge in [0.1, 0.15) is 16.8 Å². The van der Waals surface area contributed by atoms with Crippen molar-refractivity contribution in [2.45, 2.75) is 58.6 Å². The number of hydrogen-bond acceptors (Lipinski definition) is 5. The number of carbonyl (C=O) groups is 1. The van der Waals surface area contributed by atoms with Crippen molar-refractivity contribution in [2.75, 3.05) is 13.1 Å². The second-order valence-corrected chi connectivity index (χ2v) is 11.2. The lowest BCUT2D eigenvalue weighted by molar-refractivity contribution is 0.166. The third-order valence-electron chi connectivity index (χ3n) is 6.99. The number of fused-ring (bicyclic) bond motifs is 1. The van der Waals surface area contributed by atoms with E-state index < -0.39 is 0 Å². The number of amides is 2. The van der Waals surface area contributed by atoms with Gasteiger partial charge >= 0.3 is 6.03 Å². The number of nitrogens with one attached hydrogen (secondary N) is 1. The zero-order valence-electron chi connectivity index (χ0n) is 21.1. The van der Waals surface area contributed by atoms with Crippen molar-refractivity contribution in [3.8, 4) is 32.8 Å². The minimum Gasteiger partial charge on any atom is -0.490 e. The Morgan fingerprint density at radius 3 is 2.92 bits per heavy atom. The summed E-state index contributed by atoms with van der Waals surface area (Å²) in [6.45, 7) is 7.80. The van der Waals surface area contributed by atoms with E-state index in [0.717, 1.165) is 47.8 Å². The Bertz CT molecular complexity index is 1310. The molecule has 2 amide bonds. The van der Waals surface area contributed by atoms with Gasteiger partial charge in [0.05, 0.1) is 22.6 Å². The van der Waals surface area contributed by atoms with Gasteiger partial charge in [-0.05, 0) is 80.3 Å². The van der Waals surface area contributed by atoms with Crippen LogP contribution in [0.1, 0.15) is 62.8 Å². The summed E-state index contributed by atoms with van der Waals surface area (Å²) in [6, 6.07) is 14.4. The van der Waals surface area contributed by atoms with Crippen molar-refractivity contribution >= 4 is 17.4 Å². The first-order valence-corrected chi connectivity index (χ1v) is 13.6. The molecular weight excluding hydrogens is 468 g/mol. The minimum atomic E-state index is 0.00612. The first-order valence-electron chi connectivity index (χ1n) is 12.8. The van der Waals surface area contributed by atoms with Gasteiger partial charge in [-0.15, -0.1) is 11.3 Å². The van der Waals surface area contributed by atoms with Crippen molar-refractivity contribution < 1.29 is 9.53 Å². The molecule has 1 fully saturated rings. The van der Waals surface area contributed by atoms with Crippen LogP contribution in [0.25, 0.3) is 21.0 Å². The maximum Gasteiger partial charge on any atom is 0.317 e. The van der Waals surface area contributed by atoms with Gasteiger partial charge in [0.2, 0.25) is 0 Å². The molecule has 0 bridgehead atoms. The summed E-state index contributed by atoms with van der Waals surface area (Å²) in [7, 11) is 0. The maximum absolute atomic E-state index is 12.9. The first-order chi connectivity index (χ1) is 17.4. The lowest BCUT2D eigenvalue weighted by Crippen LogP contribution is -2.45.